The molecule has 0 bridgehead atoms. The van der Waals surface area contributed by atoms with Crippen molar-refractivity contribution in [2.45, 2.75) is 51.9 Å². The van der Waals surface area contributed by atoms with Crippen LogP contribution >= 0.6 is 11.3 Å². The predicted octanol–water partition coefficient (Wildman–Crippen LogP) is 3.11. The fourth-order valence-electron chi connectivity index (χ4n) is 3.44. The van der Waals surface area contributed by atoms with Crippen LogP contribution in [0.3, 0.4) is 0 Å². The Kier molecular flexibility index (Phi) is 5.47. The van der Waals surface area contributed by atoms with Crippen molar-refractivity contribution >= 4 is 17.2 Å². The summed E-state index contributed by atoms with van der Waals surface area (Å²) in [6, 6.07) is 0. The van der Waals surface area contributed by atoms with Crippen molar-refractivity contribution in [3.63, 3.8) is 0 Å². The van der Waals surface area contributed by atoms with Crippen molar-refractivity contribution < 1.29 is 4.79 Å². The molecule has 122 valence electrons. The molecule has 2 fully saturated rings. The number of rotatable bonds is 4. The molecule has 3 rings (SSSR count). The molecule has 3 heterocycles. The van der Waals surface area contributed by atoms with E-state index in [0.29, 0.717) is 0 Å². The molecule has 22 heavy (non-hydrogen) atoms. The lowest BCUT2D eigenvalue weighted by Crippen LogP contribution is -2.31. The minimum atomic E-state index is 0.212. The molecule has 1 aromatic rings. The summed E-state index contributed by atoms with van der Waals surface area (Å²) in [6.07, 6.45) is 8.44. The summed E-state index contributed by atoms with van der Waals surface area (Å²) in [4.78, 5) is 22.8. The molecule has 1 aromatic heterocycles. The highest BCUT2D eigenvalue weighted by Gasteiger charge is 2.22. The van der Waals surface area contributed by atoms with Gasteiger partial charge in [-0.3, -0.25) is 4.79 Å². The summed E-state index contributed by atoms with van der Waals surface area (Å²) in [5, 5.41) is 1.13. The van der Waals surface area contributed by atoms with Gasteiger partial charge in [0.25, 0.3) is 5.91 Å². The number of hydrogen-bond acceptors (Lipinski definition) is 4. The van der Waals surface area contributed by atoms with Gasteiger partial charge in [-0.05, 0) is 45.7 Å². The first-order valence-electron chi connectivity index (χ1n) is 8.72. The molecule has 2 aliphatic rings. The fourth-order valence-corrected chi connectivity index (χ4v) is 4.46. The van der Waals surface area contributed by atoms with Crippen LogP contribution in [0.2, 0.25) is 0 Å². The SMILES string of the molecule is Cc1nc(CCN2CCCC2)sc1C(=O)N1CCCCCC1. The van der Waals surface area contributed by atoms with E-state index >= 15 is 0 Å². The summed E-state index contributed by atoms with van der Waals surface area (Å²) < 4.78 is 0. The smallest absolute Gasteiger partial charge is 0.265 e. The van der Waals surface area contributed by atoms with Crippen LogP contribution in [0.1, 0.15) is 58.9 Å². The molecule has 4 nitrogen and oxygen atoms in total. The van der Waals surface area contributed by atoms with Gasteiger partial charge in [-0.2, -0.15) is 0 Å². The molecule has 0 spiro atoms. The van der Waals surface area contributed by atoms with E-state index in [-0.39, 0.29) is 5.91 Å². The Labute approximate surface area is 137 Å². The van der Waals surface area contributed by atoms with Gasteiger partial charge in [0.2, 0.25) is 0 Å². The lowest BCUT2D eigenvalue weighted by atomic mass is 10.2. The van der Waals surface area contributed by atoms with Gasteiger partial charge in [0.15, 0.2) is 0 Å². The van der Waals surface area contributed by atoms with E-state index in [0.717, 1.165) is 54.5 Å². The summed E-state index contributed by atoms with van der Waals surface area (Å²) >= 11 is 1.62. The lowest BCUT2D eigenvalue weighted by molar-refractivity contribution is 0.0765. The maximum absolute atomic E-state index is 12.7. The van der Waals surface area contributed by atoms with Crippen molar-refractivity contribution in [3.05, 3.63) is 15.6 Å². The number of aryl methyl sites for hydroxylation is 1. The van der Waals surface area contributed by atoms with Crippen LogP contribution in [0.5, 0.6) is 0 Å². The van der Waals surface area contributed by atoms with Gasteiger partial charge in [-0.1, -0.05) is 12.8 Å². The highest BCUT2D eigenvalue weighted by atomic mass is 32.1. The number of carbonyl (C=O) groups is 1. The zero-order valence-electron chi connectivity index (χ0n) is 13.6. The Morgan fingerprint density at radius 2 is 1.68 bits per heavy atom. The summed E-state index contributed by atoms with van der Waals surface area (Å²) in [6.45, 7) is 7.36. The van der Waals surface area contributed by atoms with Crippen molar-refractivity contribution in [1.82, 2.24) is 14.8 Å². The second-order valence-electron chi connectivity index (χ2n) is 6.53. The Morgan fingerprint density at radius 3 is 2.36 bits per heavy atom. The third kappa shape index (κ3) is 3.87. The topological polar surface area (TPSA) is 36.4 Å². The highest BCUT2D eigenvalue weighted by Crippen LogP contribution is 2.23. The third-order valence-electron chi connectivity index (χ3n) is 4.77. The molecule has 0 saturated carbocycles. The van der Waals surface area contributed by atoms with Crippen LogP contribution in [0, 0.1) is 6.92 Å². The van der Waals surface area contributed by atoms with Gasteiger partial charge in [-0.25, -0.2) is 4.98 Å². The van der Waals surface area contributed by atoms with E-state index < -0.39 is 0 Å². The van der Waals surface area contributed by atoms with Crippen LogP contribution < -0.4 is 0 Å². The minimum Gasteiger partial charge on any atom is -0.338 e. The lowest BCUT2D eigenvalue weighted by Gasteiger charge is -2.19. The molecule has 0 aliphatic carbocycles. The second kappa shape index (κ2) is 7.55. The van der Waals surface area contributed by atoms with E-state index in [4.69, 9.17) is 0 Å². The molecule has 0 atom stereocenters. The molecule has 0 unspecified atom stereocenters. The quantitative estimate of drug-likeness (QED) is 0.855. The summed E-state index contributed by atoms with van der Waals surface area (Å²) in [5.74, 6) is 0.212. The van der Waals surface area contributed by atoms with Crippen LogP contribution in [-0.4, -0.2) is 53.4 Å². The molecule has 1 amide bonds. The van der Waals surface area contributed by atoms with E-state index in [1.54, 1.807) is 11.3 Å². The first-order valence-corrected chi connectivity index (χ1v) is 9.53. The van der Waals surface area contributed by atoms with Crippen LogP contribution in [0.4, 0.5) is 0 Å². The van der Waals surface area contributed by atoms with E-state index in [1.807, 2.05) is 11.8 Å². The van der Waals surface area contributed by atoms with Gasteiger partial charge < -0.3 is 9.80 Å². The van der Waals surface area contributed by atoms with Gasteiger partial charge in [0.1, 0.15) is 4.88 Å². The Morgan fingerprint density at radius 1 is 1.05 bits per heavy atom. The molecule has 0 aromatic carbocycles. The molecule has 0 N–H and O–H groups in total. The average Bonchev–Trinajstić information content (AvgIpc) is 3.07. The van der Waals surface area contributed by atoms with Gasteiger partial charge in [0, 0.05) is 26.1 Å². The maximum atomic E-state index is 12.7. The average molecular weight is 321 g/mol. The van der Waals surface area contributed by atoms with E-state index in [2.05, 4.69) is 9.88 Å². The van der Waals surface area contributed by atoms with Gasteiger partial charge in [0.05, 0.1) is 10.7 Å². The number of amides is 1. The molecular weight excluding hydrogens is 294 g/mol. The van der Waals surface area contributed by atoms with Crippen molar-refractivity contribution in [1.29, 1.82) is 0 Å². The number of thiazole rings is 1. The highest BCUT2D eigenvalue weighted by molar-refractivity contribution is 7.13. The maximum Gasteiger partial charge on any atom is 0.265 e. The van der Waals surface area contributed by atoms with E-state index in [1.165, 1.54) is 38.8 Å². The van der Waals surface area contributed by atoms with Crippen molar-refractivity contribution in [2.75, 3.05) is 32.7 Å². The molecule has 2 saturated heterocycles. The Balaban J connectivity index is 1.61. The zero-order valence-corrected chi connectivity index (χ0v) is 14.5. The summed E-state index contributed by atoms with van der Waals surface area (Å²) in [5.41, 5.74) is 0.927. The molecule has 2 aliphatic heterocycles. The predicted molar refractivity (Wildman–Crippen MR) is 90.6 cm³/mol. The monoisotopic (exact) mass is 321 g/mol. The number of carbonyl (C=O) groups excluding carboxylic acids is 1. The Hall–Kier alpha value is -0.940. The molecular formula is C17H27N3OS. The number of hydrogen-bond donors (Lipinski definition) is 0. The zero-order chi connectivity index (χ0) is 15.4. The normalized spacial score (nSPS) is 20.3. The number of aromatic nitrogens is 1. The number of likely N-dealkylation sites (tertiary alicyclic amines) is 2. The fraction of sp³-hybridized carbons (Fsp3) is 0.765. The first-order chi connectivity index (χ1) is 10.7. The van der Waals surface area contributed by atoms with E-state index in [9.17, 15) is 4.79 Å². The Bertz CT molecular complexity index is 500. The third-order valence-corrected chi connectivity index (χ3v) is 5.97. The largest absolute Gasteiger partial charge is 0.338 e. The first kappa shape index (κ1) is 15.9. The van der Waals surface area contributed by atoms with Crippen LogP contribution in [-0.2, 0) is 6.42 Å². The van der Waals surface area contributed by atoms with Gasteiger partial charge in [-0.15, -0.1) is 11.3 Å². The van der Waals surface area contributed by atoms with Crippen LogP contribution in [0.15, 0.2) is 0 Å². The standard InChI is InChI=1S/C17H27N3OS/c1-14-16(17(21)20-11-4-2-3-5-12-20)22-15(18-14)8-13-19-9-6-7-10-19/h2-13H2,1H3. The van der Waals surface area contributed by atoms with Crippen LogP contribution in [0.25, 0.3) is 0 Å². The molecule has 5 heteroatoms. The molecule has 0 radical (unpaired) electrons. The summed E-state index contributed by atoms with van der Waals surface area (Å²) in [7, 11) is 0. The number of nitrogens with zero attached hydrogens (tertiary/aromatic N) is 3. The van der Waals surface area contributed by atoms with Gasteiger partial charge >= 0.3 is 0 Å². The minimum absolute atomic E-state index is 0.212. The second-order valence-corrected chi connectivity index (χ2v) is 7.61. The van der Waals surface area contributed by atoms with Crippen molar-refractivity contribution in [3.8, 4) is 0 Å². The van der Waals surface area contributed by atoms with Crippen molar-refractivity contribution in [2.24, 2.45) is 0 Å².